The molecule has 1 aliphatic carbocycles. The van der Waals surface area contributed by atoms with E-state index in [2.05, 4.69) is 4.90 Å². The van der Waals surface area contributed by atoms with E-state index in [-0.39, 0.29) is 24.7 Å². The van der Waals surface area contributed by atoms with E-state index in [0.717, 1.165) is 12.7 Å². The molecule has 152 valence electrons. The van der Waals surface area contributed by atoms with Crippen molar-refractivity contribution in [2.24, 2.45) is 5.92 Å². The van der Waals surface area contributed by atoms with Crippen molar-refractivity contribution in [3.05, 3.63) is 0 Å². The monoisotopic (exact) mass is 394 g/mol. The van der Waals surface area contributed by atoms with Gasteiger partial charge in [0.25, 0.3) is 10.1 Å². The third-order valence-electron chi connectivity index (χ3n) is 4.80. The minimum Gasteiger partial charge on any atom is -0.444 e. The number of alkyl halides is 1. The summed E-state index contributed by atoms with van der Waals surface area (Å²) in [5, 5.41) is 0. The molecule has 1 heterocycles. The highest BCUT2D eigenvalue weighted by molar-refractivity contribution is 7.85. The fraction of sp³-hybridized carbons (Fsp3) is 0.941. The van der Waals surface area contributed by atoms with Crippen LogP contribution in [0.3, 0.4) is 0 Å². The Morgan fingerprint density at radius 1 is 1.15 bits per heavy atom. The van der Waals surface area contributed by atoms with Gasteiger partial charge in [-0.15, -0.1) is 0 Å². The fourth-order valence-corrected chi connectivity index (χ4v) is 3.97. The Morgan fingerprint density at radius 2 is 1.77 bits per heavy atom. The van der Waals surface area contributed by atoms with Gasteiger partial charge in [0.05, 0.1) is 12.9 Å². The van der Waals surface area contributed by atoms with Crippen molar-refractivity contribution in [1.29, 1.82) is 0 Å². The van der Waals surface area contributed by atoms with E-state index in [4.69, 9.17) is 8.92 Å². The number of nitrogens with zero attached hydrogens (tertiary/aromatic N) is 2. The molecule has 26 heavy (non-hydrogen) atoms. The number of amides is 1. The van der Waals surface area contributed by atoms with E-state index in [1.54, 1.807) is 4.90 Å². The molecule has 7 nitrogen and oxygen atoms in total. The fourth-order valence-electron chi connectivity index (χ4n) is 3.53. The van der Waals surface area contributed by atoms with Gasteiger partial charge < -0.3 is 9.64 Å². The molecule has 2 rings (SSSR count). The summed E-state index contributed by atoms with van der Waals surface area (Å²) in [6.07, 6.45) is 1.40. The average Bonchev–Trinajstić information content (AvgIpc) is 2.51. The summed E-state index contributed by atoms with van der Waals surface area (Å²) in [4.78, 5) is 15.9. The number of hydrogen-bond donors (Lipinski definition) is 0. The van der Waals surface area contributed by atoms with Gasteiger partial charge in [-0.05, 0) is 46.0 Å². The quantitative estimate of drug-likeness (QED) is 0.679. The van der Waals surface area contributed by atoms with Crippen molar-refractivity contribution < 1.29 is 26.5 Å². The lowest BCUT2D eigenvalue weighted by molar-refractivity contribution is -0.00659. The molecular formula is C17H31FN2O5S. The van der Waals surface area contributed by atoms with Gasteiger partial charge in [-0.1, -0.05) is 0 Å². The topological polar surface area (TPSA) is 76.2 Å². The molecule has 0 bridgehead atoms. The van der Waals surface area contributed by atoms with Gasteiger partial charge in [-0.2, -0.15) is 8.42 Å². The zero-order valence-corrected chi connectivity index (χ0v) is 16.9. The van der Waals surface area contributed by atoms with Crippen LogP contribution in [-0.4, -0.2) is 81.2 Å². The van der Waals surface area contributed by atoms with Crippen molar-refractivity contribution >= 4 is 16.2 Å². The maximum absolute atomic E-state index is 14.6. The molecule has 1 amide bonds. The second-order valence-electron chi connectivity index (χ2n) is 8.25. The lowest BCUT2D eigenvalue weighted by Gasteiger charge is -2.43. The minimum atomic E-state index is -3.48. The zero-order valence-electron chi connectivity index (χ0n) is 16.1. The van der Waals surface area contributed by atoms with Gasteiger partial charge in [0.1, 0.15) is 11.8 Å². The molecule has 3 unspecified atom stereocenters. The molecular weight excluding hydrogens is 363 g/mol. The van der Waals surface area contributed by atoms with Crippen molar-refractivity contribution in [3.8, 4) is 0 Å². The number of ether oxygens (including phenoxy) is 1. The third-order valence-corrected chi connectivity index (χ3v) is 5.36. The number of carbonyl (C=O) groups excluding carboxylic acids is 1. The summed E-state index contributed by atoms with van der Waals surface area (Å²) in [6.45, 7) is 7.85. The van der Waals surface area contributed by atoms with E-state index in [9.17, 15) is 17.6 Å². The maximum Gasteiger partial charge on any atom is 0.410 e. The summed E-state index contributed by atoms with van der Waals surface area (Å²) in [7, 11) is -3.48. The molecule has 0 aromatic rings. The Labute approximate surface area is 155 Å². The molecule has 0 aromatic carbocycles. The zero-order chi connectivity index (χ0) is 19.5. The molecule has 0 spiro atoms. The van der Waals surface area contributed by atoms with Crippen LogP contribution >= 0.6 is 0 Å². The van der Waals surface area contributed by atoms with Crippen molar-refractivity contribution in [2.45, 2.75) is 57.8 Å². The van der Waals surface area contributed by atoms with Gasteiger partial charge in [0.15, 0.2) is 0 Å². The van der Waals surface area contributed by atoms with Crippen LogP contribution in [-0.2, 0) is 19.0 Å². The normalized spacial score (nSPS) is 28.8. The number of piperazine rings is 1. The number of hydrogen-bond acceptors (Lipinski definition) is 6. The van der Waals surface area contributed by atoms with Gasteiger partial charge in [0, 0.05) is 32.2 Å². The summed E-state index contributed by atoms with van der Waals surface area (Å²) < 4.78 is 47.0. The Kier molecular flexibility index (Phi) is 6.90. The molecule has 0 radical (unpaired) electrons. The number of rotatable bonds is 4. The lowest BCUT2D eigenvalue weighted by Crippen LogP contribution is -2.56. The van der Waals surface area contributed by atoms with E-state index in [1.165, 1.54) is 0 Å². The van der Waals surface area contributed by atoms with Gasteiger partial charge in [-0.3, -0.25) is 9.08 Å². The van der Waals surface area contributed by atoms with Crippen LogP contribution in [0.2, 0.25) is 0 Å². The predicted molar refractivity (Wildman–Crippen MR) is 96.2 cm³/mol. The molecule has 1 aliphatic heterocycles. The van der Waals surface area contributed by atoms with Crippen molar-refractivity contribution in [2.75, 3.05) is 39.0 Å². The highest BCUT2D eigenvalue weighted by Gasteiger charge is 2.37. The summed E-state index contributed by atoms with van der Waals surface area (Å²) in [6, 6.07) is -0.176. The summed E-state index contributed by atoms with van der Waals surface area (Å²) in [5.74, 6) is -0.0703. The van der Waals surface area contributed by atoms with Gasteiger partial charge in [-0.25, -0.2) is 9.18 Å². The van der Waals surface area contributed by atoms with Crippen LogP contribution < -0.4 is 0 Å². The Hall–Kier alpha value is -0.930. The smallest absolute Gasteiger partial charge is 0.410 e. The first-order chi connectivity index (χ1) is 11.9. The average molecular weight is 395 g/mol. The highest BCUT2D eigenvalue weighted by Crippen LogP contribution is 2.31. The number of halogens is 1. The predicted octanol–water partition coefficient (Wildman–Crippen LogP) is 2.02. The molecule has 3 atom stereocenters. The first kappa shape index (κ1) is 21.4. The largest absolute Gasteiger partial charge is 0.444 e. The van der Waals surface area contributed by atoms with Crippen LogP contribution in [0.15, 0.2) is 0 Å². The maximum atomic E-state index is 14.6. The number of carbonyl (C=O) groups is 1. The molecule has 1 saturated heterocycles. The van der Waals surface area contributed by atoms with Crippen LogP contribution in [0.1, 0.15) is 40.0 Å². The van der Waals surface area contributed by atoms with Gasteiger partial charge >= 0.3 is 6.09 Å². The summed E-state index contributed by atoms with van der Waals surface area (Å²) in [5.41, 5.74) is -0.523. The molecule has 1 saturated carbocycles. The van der Waals surface area contributed by atoms with E-state index >= 15 is 0 Å². The van der Waals surface area contributed by atoms with E-state index < -0.39 is 21.9 Å². The second kappa shape index (κ2) is 8.39. The van der Waals surface area contributed by atoms with Crippen LogP contribution in [0.4, 0.5) is 9.18 Å². The molecule has 9 heteroatoms. The second-order valence-corrected chi connectivity index (χ2v) is 9.90. The van der Waals surface area contributed by atoms with E-state index in [0.29, 0.717) is 39.0 Å². The Morgan fingerprint density at radius 3 is 2.27 bits per heavy atom. The van der Waals surface area contributed by atoms with Crippen LogP contribution in [0, 0.1) is 5.92 Å². The molecule has 0 N–H and O–H groups in total. The van der Waals surface area contributed by atoms with Crippen LogP contribution in [0.5, 0.6) is 0 Å². The highest BCUT2D eigenvalue weighted by atomic mass is 32.2. The summed E-state index contributed by atoms with van der Waals surface area (Å²) >= 11 is 0. The van der Waals surface area contributed by atoms with Crippen molar-refractivity contribution in [3.63, 3.8) is 0 Å². The SMILES string of the molecule is CC(C)(C)OC(=O)N1CCN(C2CCC(COS(C)(=O)=O)CC2F)CC1. The Balaban J connectivity index is 1.78. The molecule has 2 aliphatic rings. The minimum absolute atomic E-state index is 0.0540. The first-order valence-electron chi connectivity index (χ1n) is 9.15. The Bertz CT molecular complexity index is 584. The molecule has 2 fully saturated rings. The van der Waals surface area contributed by atoms with Crippen LogP contribution in [0.25, 0.3) is 0 Å². The lowest BCUT2D eigenvalue weighted by atomic mass is 9.84. The molecule has 0 aromatic heterocycles. The first-order valence-corrected chi connectivity index (χ1v) is 11.0. The standard InChI is InChI=1S/C17H31FN2O5S/c1-17(2,3)25-16(21)20-9-7-19(8-10-20)15-6-5-13(11-14(15)18)12-24-26(4,22)23/h13-15H,5-12H2,1-4H3. The third kappa shape index (κ3) is 6.66. The van der Waals surface area contributed by atoms with Crippen molar-refractivity contribution in [1.82, 2.24) is 9.80 Å². The van der Waals surface area contributed by atoms with E-state index in [1.807, 2.05) is 20.8 Å². The van der Waals surface area contributed by atoms with Gasteiger partial charge in [0.2, 0.25) is 0 Å².